The summed E-state index contributed by atoms with van der Waals surface area (Å²) >= 11 is 0. The molecule has 1 aromatic carbocycles. The molecule has 1 unspecified atom stereocenters. The van der Waals surface area contributed by atoms with Crippen molar-refractivity contribution in [3.05, 3.63) is 35.0 Å². The summed E-state index contributed by atoms with van der Waals surface area (Å²) in [6, 6.07) is 4.85. The Morgan fingerprint density at radius 3 is 2.72 bits per heavy atom. The summed E-state index contributed by atoms with van der Waals surface area (Å²) in [4.78, 5) is 12.5. The van der Waals surface area contributed by atoms with Crippen LogP contribution in [0.4, 0.5) is 5.95 Å². The topological polar surface area (TPSA) is 100 Å². The Bertz CT molecular complexity index is 830. The molecule has 0 radical (unpaired) electrons. The minimum absolute atomic E-state index is 0.427. The Kier molecular flexibility index (Phi) is 4.55. The third-order valence-electron chi connectivity index (χ3n) is 4.09. The molecule has 1 N–H and O–H groups in total. The zero-order valence-corrected chi connectivity index (χ0v) is 14.4. The van der Waals surface area contributed by atoms with E-state index in [1.807, 2.05) is 19.1 Å². The van der Waals surface area contributed by atoms with Gasteiger partial charge in [-0.05, 0) is 22.9 Å². The van der Waals surface area contributed by atoms with Crippen molar-refractivity contribution < 1.29 is 19.0 Å². The van der Waals surface area contributed by atoms with E-state index in [9.17, 15) is 4.79 Å². The zero-order valence-electron chi connectivity index (χ0n) is 14.4. The van der Waals surface area contributed by atoms with Crippen molar-refractivity contribution in [2.24, 2.45) is 0 Å². The van der Waals surface area contributed by atoms with Crippen LogP contribution in [0.1, 0.15) is 24.9 Å². The molecule has 25 heavy (non-hydrogen) atoms. The largest absolute Gasteiger partial charge is 0.493 e. The van der Waals surface area contributed by atoms with Gasteiger partial charge in [-0.1, -0.05) is 24.2 Å². The number of ether oxygens (including phenoxy) is 3. The van der Waals surface area contributed by atoms with Gasteiger partial charge >= 0.3 is 5.97 Å². The lowest BCUT2D eigenvalue weighted by Gasteiger charge is -2.29. The Balaban J connectivity index is 2.28. The van der Waals surface area contributed by atoms with E-state index in [0.29, 0.717) is 40.7 Å². The number of hydrogen-bond acceptors (Lipinski definition) is 8. The van der Waals surface area contributed by atoms with Crippen LogP contribution < -0.4 is 14.8 Å². The predicted molar refractivity (Wildman–Crippen MR) is 88.5 cm³/mol. The number of hydrogen-bond donors (Lipinski definition) is 1. The van der Waals surface area contributed by atoms with Gasteiger partial charge in [0.25, 0.3) is 0 Å². The maximum atomic E-state index is 12.5. The second-order valence-corrected chi connectivity index (χ2v) is 5.29. The van der Waals surface area contributed by atoms with Crippen LogP contribution in [-0.4, -0.2) is 47.5 Å². The van der Waals surface area contributed by atoms with E-state index in [1.54, 1.807) is 20.3 Å². The molecule has 2 aromatic rings. The second-order valence-electron chi connectivity index (χ2n) is 5.29. The first-order chi connectivity index (χ1) is 12.2. The second kappa shape index (κ2) is 6.80. The zero-order chi connectivity index (χ0) is 18.0. The van der Waals surface area contributed by atoms with Gasteiger partial charge in [-0.3, -0.25) is 0 Å². The van der Waals surface area contributed by atoms with Gasteiger partial charge in [0.05, 0.1) is 26.9 Å². The fourth-order valence-electron chi connectivity index (χ4n) is 2.98. The van der Waals surface area contributed by atoms with E-state index in [4.69, 9.17) is 14.2 Å². The highest BCUT2D eigenvalue weighted by molar-refractivity contribution is 5.92. The molecule has 1 aromatic heterocycles. The van der Waals surface area contributed by atoms with E-state index in [2.05, 4.69) is 20.8 Å². The number of fused-ring (bicyclic) bond motifs is 1. The molecule has 0 saturated heterocycles. The van der Waals surface area contributed by atoms with Crippen LogP contribution >= 0.6 is 0 Å². The first-order valence-corrected chi connectivity index (χ1v) is 7.73. The molecular formula is C16H19N5O4. The molecule has 9 nitrogen and oxygen atoms in total. The molecule has 0 saturated carbocycles. The molecular weight excluding hydrogens is 326 g/mol. The Morgan fingerprint density at radius 1 is 1.28 bits per heavy atom. The highest BCUT2D eigenvalue weighted by atomic mass is 16.5. The van der Waals surface area contributed by atoms with Crippen molar-refractivity contribution in [3.63, 3.8) is 0 Å². The van der Waals surface area contributed by atoms with E-state index < -0.39 is 12.0 Å². The van der Waals surface area contributed by atoms with Gasteiger partial charge in [0.2, 0.25) is 5.95 Å². The number of methoxy groups -OCH3 is 3. The first kappa shape index (κ1) is 16.7. The van der Waals surface area contributed by atoms with Gasteiger partial charge in [-0.2, -0.15) is 4.68 Å². The highest BCUT2D eigenvalue weighted by Crippen LogP contribution is 2.42. The summed E-state index contributed by atoms with van der Waals surface area (Å²) in [7, 11) is 4.45. The van der Waals surface area contributed by atoms with Crippen LogP contribution in [0.15, 0.2) is 29.5 Å². The minimum atomic E-state index is -0.598. The number of esters is 1. The highest BCUT2D eigenvalue weighted by Gasteiger charge is 2.37. The van der Waals surface area contributed by atoms with Crippen molar-refractivity contribution in [2.75, 3.05) is 26.6 Å². The van der Waals surface area contributed by atoms with Crippen molar-refractivity contribution in [1.82, 2.24) is 20.2 Å². The van der Waals surface area contributed by atoms with Gasteiger partial charge in [0.1, 0.15) is 6.04 Å². The van der Waals surface area contributed by atoms with Crippen LogP contribution in [0.25, 0.3) is 0 Å². The quantitative estimate of drug-likeness (QED) is 0.815. The van der Waals surface area contributed by atoms with E-state index in [-0.39, 0.29) is 0 Å². The summed E-state index contributed by atoms with van der Waals surface area (Å²) in [5.41, 5.74) is 1.82. The van der Waals surface area contributed by atoms with Crippen LogP contribution in [0.3, 0.4) is 0 Å². The monoisotopic (exact) mass is 345 g/mol. The van der Waals surface area contributed by atoms with Gasteiger partial charge < -0.3 is 19.5 Å². The van der Waals surface area contributed by atoms with E-state index >= 15 is 0 Å². The minimum Gasteiger partial charge on any atom is -0.493 e. The molecule has 3 rings (SSSR count). The third-order valence-corrected chi connectivity index (χ3v) is 4.09. The molecule has 0 spiro atoms. The number of carbonyl (C=O) groups excluding carboxylic acids is 1. The maximum absolute atomic E-state index is 12.5. The van der Waals surface area contributed by atoms with Gasteiger partial charge in [-0.15, -0.1) is 0 Å². The van der Waals surface area contributed by atoms with Crippen LogP contribution in [0, 0.1) is 0 Å². The van der Waals surface area contributed by atoms with E-state index in [1.165, 1.54) is 11.8 Å². The number of para-hydroxylation sites is 1. The van der Waals surface area contributed by atoms with Gasteiger partial charge in [0, 0.05) is 11.3 Å². The first-order valence-electron chi connectivity index (χ1n) is 7.73. The number of aromatic nitrogens is 4. The summed E-state index contributed by atoms with van der Waals surface area (Å²) in [5.74, 6) is 1.05. The van der Waals surface area contributed by atoms with Crippen LogP contribution in [0.5, 0.6) is 11.5 Å². The average Bonchev–Trinajstić information content (AvgIpc) is 3.13. The molecule has 1 aliphatic heterocycles. The fraction of sp³-hybridized carbons (Fsp3) is 0.375. The van der Waals surface area contributed by atoms with Gasteiger partial charge in [0.15, 0.2) is 11.5 Å². The SMILES string of the molecule is CCC1=C(C(=O)OC)C(c2cccc(OC)c2OC)n2nnnc2N1. The van der Waals surface area contributed by atoms with Crippen molar-refractivity contribution >= 4 is 11.9 Å². The number of allylic oxidation sites excluding steroid dienone is 1. The smallest absolute Gasteiger partial charge is 0.338 e. The lowest BCUT2D eigenvalue weighted by atomic mass is 9.93. The standard InChI is InChI=1S/C16H19N5O4/c1-5-10-12(15(22)25-4)13(21-16(17-10)18-19-20-21)9-7-6-8-11(23-2)14(9)24-3/h6-8,13H,5H2,1-4H3,(H,17,18,20). The van der Waals surface area contributed by atoms with Crippen molar-refractivity contribution in [3.8, 4) is 11.5 Å². The Hall–Kier alpha value is -3.10. The summed E-state index contributed by atoms with van der Waals surface area (Å²) in [6.45, 7) is 1.94. The normalized spacial score (nSPS) is 16.1. The summed E-state index contributed by atoms with van der Waals surface area (Å²) in [6.07, 6.45) is 0.583. The molecule has 0 bridgehead atoms. The maximum Gasteiger partial charge on any atom is 0.338 e. The number of carbonyl (C=O) groups is 1. The Morgan fingerprint density at radius 2 is 2.08 bits per heavy atom. The number of tetrazole rings is 1. The lowest BCUT2D eigenvalue weighted by molar-refractivity contribution is -0.136. The molecule has 132 valence electrons. The number of benzene rings is 1. The fourth-order valence-corrected chi connectivity index (χ4v) is 2.98. The third kappa shape index (κ3) is 2.67. The van der Waals surface area contributed by atoms with E-state index in [0.717, 1.165) is 0 Å². The molecule has 2 heterocycles. The van der Waals surface area contributed by atoms with Crippen molar-refractivity contribution in [1.29, 1.82) is 0 Å². The molecule has 0 aliphatic carbocycles. The summed E-state index contributed by atoms with van der Waals surface area (Å²) < 4.78 is 17.5. The number of rotatable bonds is 5. The molecule has 9 heteroatoms. The molecule has 1 atom stereocenters. The van der Waals surface area contributed by atoms with Gasteiger partial charge in [-0.25, -0.2) is 4.79 Å². The van der Waals surface area contributed by atoms with Crippen molar-refractivity contribution in [2.45, 2.75) is 19.4 Å². The number of anilines is 1. The lowest BCUT2D eigenvalue weighted by Crippen LogP contribution is -2.30. The summed E-state index contributed by atoms with van der Waals surface area (Å²) in [5, 5.41) is 14.8. The number of nitrogens with zero attached hydrogens (tertiary/aromatic N) is 4. The molecule has 0 fully saturated rings. The Labute approximate surface area is 144 Å². The predicted octanol–water partition coefficient (Wildman–Crippen LogP) is 1.54. The molecule has 1 aliphatic rings. The van der Waals surface area contributed by atoms with Crippen LogP contribution in [0.2, 0.25) is 0 Å². The average molecular weight is 345 g/mol. The van der Waals surface area contributed by atoms with Crippen LogP contribution in [-0.2, 0) is 9.53 Å². The molecule has 0 amide bonds. The number of nitrogens with one attached hydrogen (secondary N) is 1.